The molecule has 0 atom stereocenters. The number of ether oxygens (including phenoxy) is 3. The molecule has 2 aromatic carbocycles. The van der Waals surface area contributed by atoms with Crippen molar-refractivity contribution in [1.82, 2.24) is 4.57 Å². The summed E-state index contributed by atoms with van der Waals surface area (Å²) in [5, 5.41) is 0. The third kappa shape index (κ3) is 4.39. The Labute approximate surface area is 189 Å². The second-order valence-corrected chi connectivity index (χ2v) is 7.49. The zero-order chi connectivity index (χ0) is 20.5. The number of alkyl halides is 2. The summed E-state index contributed by atoms with van der Waals surface area (Å²) in [5.74, 6) is 2.92. The van der Waals surface area contributed by atoms with E-state index in [1.54, 1.807) is 12.1 Å². The summed E-state index contributed by atoms with van der Waals surface area (Å²) in [6, 6.07) is 12.9. The van der Waals surface area contributed by atoms with E-state index in [9.17, 15) is 8.78 Å². The van der Waals surface area contributed by atoms with Gasteiger partial charge in [-0.15, -0.1) is 0 Å². The van der Waals surface area contributed by atoms with Gasteiger partial charge in [0.15, 0.2) is 17.2 Å². The van der Waals surface area contributed by atoms with Crippen molar-refractivity contribution in [3.8, 4) is 34.2 Å². The van der Waals surface area contributed by atoms with Gasteiger partial charge in [0.25, 0.3) is 5.82 Å². The van der Waals surface area contributed by atoms with Crippen LogP contribution in [0.3, 0.4) is 0 Å². The molecule has 0 spiro atoms. The van der Waals surface area contributed by atoms with Crippen molar-refractivity contribution in [2.24, 2.45) is 0 Å². The minimum absolute atomic E-state index is 0. The van der Waals surface area contributed by atoms with Crippen LogP contribution in [0.15, 0.2) is 48.7 Å². The molecular weight excluding hydrogens is 470 g/mol. The maximum atomic E-state index is 12.5. The Balaban J connectivity index is 0.00000231. The number of halogens is 3. The molecule has 8 heteroatoms. The van der Waals surface area contributed by atoms with Crippen molar-refractivity contribution in [2.45, 2.75) is 38.8 Å². The quantitative estimate of drug-likeness (QED) is 0.518. The highest BCUT2D eigenvalue weighted by atomic mass is 79.9. The predicted molar refractivity (Wildman–Crippen MR) is 107 cm³/mol. The summed E-state index contributed by atoms with van der Waals surface area (Å²) in [6.45, 7) is -0.779. The van der Waals surface area contributed by atoms with Crippen molar-refractivity contribution in [2.75, 3.05) is 13.2 Å². The molecule has 0 bridgehead atoms. The maximum absolute atomic E-state index is 12.5. The van der Waals surface area contributed by atoms with E-state index in [-0.39, 0.29) is 22.7 Å². The Morgan fingerprint density at radius 2 is 1.71 bits per heavy atom. The summed E-state index contributed by atoms with van der Waals surface area (Å²) in [6.07, 6.45) is 6.52. The van der Waals surface area contributed by atoms with Gasteiger partial charge in [0.2, 0.25) is 0 Å². The lowest BCUT2D eigenvalue weighted by molar-refractivity contribution is -0.692. The Morgan fingerprint density at radius 3 is 2.48 bits per heavy atom. The van der Waals surface area contributed by atoms with E-state index in [1.807, 2.05) is 30.3 Å². The summed E-state index contributed by atoms with van der Waals surface area (Å²) in [7, 11) is 0. The van der Waals surface area contributed by atoms with E-state index in [0.717, 1.165) is 54.3 Å². The Bertz CT molecular complexity index is 1050. The van der Waals surface area contributed by atoms with Crippen LogP contribution in [-0.4, -0.2) is 24.4 Å². The highest BCUT2D eigenvalue weighted by Crippen LogP contribution is 2.33. The molecule has 0 radical (unpaired) electrons. The maximum Gasteiger partial charge on any atom is 0.387 e. The van der Waals surface area contributed by atoms with Gasteiger partial charge in [-0.25, -0.2) is 4.57 Å². The molecule has 1 aromatic heterocycles. The van der Waals surface area contributed by atoms with Crippen molar-refractivity contribution < 1.29 is 44.5 Å². The summed E-state index contributed by atoms with van der Waals surface area (Å²) in [5.41, 5.74) is 3.05. The van der Waals surface area contributed by atoms with Gasteiger partial charge in [0, 0.05) is 18.1 Å². The van der Waals surface area contributed by atoms with E-state index in [0.29, 0.717) is 13.2 Å². The number of rotatable bonds is 4. The number of nitrogens with zero attached hydrogens (tertiary/aromatic N) is 2. The van der Waals surface area contributed by atoms with Gasteiger partial charge in [-0.2, -0.15) is 13.3 Å². The average molecular weight is 493 g/mol. The fraction of sp³-hybridized carbons (Fsp3) is 0.348. The van der Waals surface area contributed by atoms with Crippen molar-refractivity contribution in [3.05, 3.63) is 54.5 Å². The van der Waals surface area contributed by atoms with Gasteiger partial charge in [0.1, 0.15) is 30.8 Å². The number of fused-ring (bicyclic) bond motifs is 2. The second-order valence-electron chi connectivity index (χ2n) is 7.49. The fourth-order valence-electron chi connectivity index (χ4n) is 4.21. The van der Waals surface area contributed by atoms with Gasteiger partial charge in [-0.3, -0.25) is 0 Å². The van der Waals surface area contributed by atoms with Crippen molar-refractivity contribution >= 4 is 0 Å². The lowest BCUT2D eigenvalue weighted by atomic mass is 10.1. The van der Waals surface area contributed by atoms with E-state index in [4.69, 9.17) is 9.47 Å². The van der Waals surface area contributed by atoms with E-state index >= 15 is 0 Å². The van der Waals surface area contributed by atoms with Crippen LogP contribution in [0.1, 0.15) is 25.1 Å². The first-order valence-electron chi connectivity index (χ1n) is 10.3. The molecule has 0 saturated carbocycles. The SMILES string of the molecule is FC(F)Oc1ccc(-c2cn(-c3ccc4c(c3)OCCO4)c3[n+]2CCCCC3)cc1.[Br-]. The second kappa shape index (κ2) is 9.26. The molecule has 2 aliphatic rings. The molecule has 0 aliphatic carbocycles. The van der Waals surface area contributed by atoms with Crippen LogP contribution < -0.4 is 35.8 Å². The van der Waals surface area contributed by atoms with Gasteiger partial charge in [-0.05, 0) is 55.7 Å². The number of aromatic nitrogens is 2. The van der Waals surface area contributed by atoms with E-state index < -0.39 is 6.61 Å². The molecule has 5 rings (SSSR count). The molecule has 2 aliphatic heterocycles. The standard InChI is InChI=1S/C23H23F2N2O3.BrH/c24-23(25)30-18-8-5-16(6-9-18)19-15-27(22-4-2-1-3-11-26(19)22)17-7-10-20-21(14-17)29-13-12-28-20;/h5-10,14-15,23H,1-4,11-13H2;1H/q+1;/p-1. The van der Waals surface area contributed by atoms with Crippen molar-refractivity contribution in [3.63, 3.8) is 0 Å². The molecule has 3 heterocycles. The number of hydrogen-bond donors (Lipinski definition) is 0. The lowest BCUT2D eigenvalue weighted by Gasteiger charge is -2.18. The normalized spacial score (nSPS) is 15.1. The molecule has 0 N–H and O–H groups in total. The zero-order valence-electron chi connectivity index (χ0n) is 16.9. The molecular formula is C23H23BrF2N2O3. The fourth-order valence-corrected chi connectivity index (χ4v) is 4.21. The van der Waals surface area contributed by atoms with Crippen LogP contribution >= 0.6 is 0 Å². The first-order chi connectivity index (χ1) is 14.7. The highest BCUT2D eigenvalue weighted by molar-refractivity contribution is 5.58. The van der Waals surface area contributed by atoms with Gasteiger partial charge in [0.05, 0.1) is 6.54 Å². The largest absolute Gasteiger partial charge is 1.00 e. The smallest absolute Gasteiger partial charge is 0.387 e. The van der Waals surface area contributed by atoms with Crippen LogP contribution in [-0.2, 0) is 13.0 Å². The number of hydrogen-bond acceptors (Lipinski definition) is 3. The molecule has 0 unspecified atom stereocenters. The van der Waals surface area contributed by atoms with E-state index in [2.05, 4.69) is 20.1 Å². The first kappa shape index (κ1) is 21.6. The van der Waals surface area contributed by atoms with Crippen LogP contribution in [0.25, 0.3) is 16.9 Å². The topological polar surface area (TPSA) is 36.5 Å². The lowest BCUT2D eigenvalue weighted by Crippen LogP contribution is -3.00. The van der Waals surface area contributed by atoms with E-state index in [1.165, 1.54) is 12.2 Å². The zero-order valence-corrected chi connectivity index (χ0v) is 18.5. The Morgan fingerprint density at radius 1 is 0.935 bits per heavy atom. The summed E-state index contributed by atoms with van der Waals surface area (Å²) >= 11 is 0. The third-order valence-corrected chi connectivity index (χ3v) is 5.59. The van der Waals surface area contributed by atoms with Gasteiger partial charge in [-0.1, -0.05) is 0 Å². The molecule has 0 amide bonds. The molecule has 31 heavy (non-hydrogen) atoms. The molecule has 164 valence electrons. The number of imidazole rings is 1. The van der Waals surface area contributed by atoms with Crippen molar-refractivity contribution in [1.29, 1.82) is 0 Å². The molecule has 3 aromatic rings. The third-order valence-electron chi connectivity index (χ3n) is 5.59. The number of benzene rings is 2. The van der Waals surface area contributed by atoms with Crippen LogP contribution in [0.4, 0.5) is 8.78 Å². The highest BCUT2D eigenvalue weighted by Gasteiger charge is 2.28. The molecule has 0 fully saturated rings. The Hall–Kier alpha value is -2.61. The minimum atomic E-state index is -2.82. The van der Waals surface area contributed by atoms with Crippen LogP contribution in [0.5, 0.6) is 17.2 Å². The van der Waals surface area contributed by atoms with Crippen LogP contribution in [0.2, 0.25) is 0 Å². The predicted octanol–water partition coefficient (Wildman–Crippen LogP) is 1.53. The van der Waals surface area contributed by atoms with Gasteiger partial charge < -0.3 is 31.2 Å². The van der Waals surface area contributed by atoms with Gasteiger partial charge >= 0.3 is 6.61 Å². The monoisotopic (exact) mass is 492 g/mol. The minimum Gasteiger partial charge on any atom is -1.00 e. The Kier molecular flexibility index (Phi) is 6.46. The molecule has 0 saturated heterocycles. The average Bonchev–Trinajstić information content (AvgIpc) is 2.94. The van der Waals surface area contributed by atoms with Crippen LogP contribution in [0, 0.1) is 0 Å². The molecule has 5 nitrogen and oxygen atoms in total. The first-order valence-corrected chi connectivity index (χ1v) is 10.3. The summed E-state index contributed by atoms with van der Waals surface area (Å²) < 4.78 is 45.4. The summed E-state index contributed by atoms with van der Waals surface area (Å²) in [4.78, 5) is 0.